The molecule has 0 fully saturated rings. The summed E-state index contributed by atoms with van der Waals surface area (Å²) in [5, 5.41) is 12.4. The Morgan fingerprint density at radius 2 is 1.70 bits per heavy atom. The van der Waals surface area contributed by atoms with Gasteiger partial charge in [0.1, 0.15) is 23.3 Å². The van der Waals surface area contributed by atoms with Crippen LogP contribution in [0, 0.1) is 20.8 Å². The van der Waals surface area contributed by atoms with Gasteiger partial charge in [0.25, 0.3) is 0 Å². The number of nitrogens with one attached hydrogen (secondary N) is 4. The second-order valence-corrected chi connectivity index (χ2v) is 7.23. The second kappa shape index (κ2) is 9.89. The molecule has 0 aliphatic heterocycles. The summed E-state index contributed by atoms with van der Waals surface area (Å²) in [6, 6.07) is 10.8. The third-order valence-electron chi connectivity index (χ3n) is 4.10. The molecule has 3 aromatic rings. The minimum Gasteiger partial charge on any atom is -0.368 e. The molecule has 0 radical (unpaired) electrons. The van der Waals surface area contributed by atoms with Gasteiger partial charge in [0, 0.05) is 25.4 Å². The van der Waals surface area contributed by atoms with Gasteiger partial charge in [-0.1, -0.05) is 17.7 Å². The highest BCUT2D eigenvalue weighted by molar-refractivity contribution is 6.33. The molecule has 1 aromatic carbocycles. The molecule has 4 N–H and O–H groups in total. The van der Waals surface area contributed by atoms with Gasteiger partial charge in [0.2, 0.25) is 0 Å². The smallest absolute Gasteiger partial charge is 0.319 e. The lowest BCUT2D eigenvalue weighted by Crippen LogP contribution is -2.32. The van der Waals surface area contributed by atoms with Crippen LogP contribution in [-0.2, 0) is 0 Å². The number of halogens is 1. The maximum atomic E-state index is 12.0. The summed E-state index contributed by atoms with van der Waals surface area (Å²) in [5.74, 6) is 2.63. The number of hydrogen-bond donors (Lipinski definition) is 4. The van der Waals surface area contributed by atoms with E-state index >= 15 is 0 Å². The lowest BCUT2D eigenvalue weighted by Gasteiger charge is -2.12. The zero-order chi connectivity index (χ0) is 21.5. The number of amides is 2. The van der Waals surface area contributed by atoms with Crippen LogP contribution in [0.3, 0.4) is 0 Å². The van der Waals surface area contributed by atoms with Crippen molar-refractivity contribution in [2.24, 2.45) is 0 Å². The quantitative estimate of drug-likeness (QED) is 0.417. The molecule has 0 aliphatic rings. The van der Waals surface area contributed by atoms with E-state index in [2.05, 4.69) is 36.2 Å². The first-order valence-electron chi connectivity index (χ1n) is 9.49. The molecule has 0 saturated carbocycles. The number of pyridine rings is 1. The molecule has 2 heterocycles. The molecule has 0 spiro atoms. The van der Waals surface area contributed by atoms with Crippen LogP contribution in [0.15, 0.2) is 42.6 Å². The maximum Gasteiger partial charge on any atom is 0.319 e. The molecule has 0 bridgehead atoms. The summed E-state index contributed by atoms with van der Waals surface area (Å²) >= 11 is 6.13. The first-order valence-corrected chi connectivity index (χ1v) is 9.87. The van der Waals surface area contributed by atoms with E-state index in [-0.39, 0.29) is 6.03 Å². The highest BCUT2D eigenvalue weighted by atomic mass is 35.5. The third-order valence-corrected chi connectivity index (χ3v) is 4.41. The first kappa shape index (κ1) is 21.3. The number of urea groups is 1. The molecule has 8 nitrogen and oxygen atoms in total. The summed E-state index contributed by atoms with van der Waals surface area (Å²) < 4.78 is 0. The average molecular weight is 426 g/mol. The van der Waals surface area contributed by atoms with Gasteiger partial charge in [-0.25, -0.2) is 19.7 Å². The van der Waals surface area contributed by atoms with Gasteiger partial charge >= 0.3 is 6.03 Å². The number of aromatic nitrogens is 3. The normalized spacial score (nSPS) is 10.4. The summed E-state index contributed by atoms with van der Waals surface area (Å²) in [6.45, 7) is 6.65. The van der Waals surface area contributed by atoms with Gasteiger partial charge in [0.15, 0.2) is 0 Å². The minimum absolute atomic E-state index is 0.325. The van der Waals surface area contributed by atoms with E-state index in [1.165, 1.54) is 0 Å². The van der Waals surface area contributed by atoms with Crippen molar-refractivity contribution in [3.8, 4) is 0 Å². The van der Waals surface area contributed by atoms with Crippen LogP contribution in [0.4, 0.5) is 27.9 Å². The Bertz CT molecular complexity index is 1040. The number of aryl methyl sites for hydroxylation is 3. The standard InChI is InChI=1S/C21H24ClN7O/c1-13-4-5-17(16(22)10-13)28-21(30)25-9-8-24-19-12-20(27-15(3)26-19)29-18-11-14(2)6-7-23-18/h4-7,10-12H,8-9H2,1-3H3,(H2,25,28,30)(H2,23,24,26,27,29). The number of carbonyl (C=O) groups is 1. The Hall–Kier alpha value is -3.39. The van der Waals surface area contributed by atoms with Gasteiger partial charge in [-0.05, 0) is 56.2 Å². The Labute approximate surface area is 180 Å². The SMILES string of the molecule is Cc1ccnc(Nc2cc(NCCNC(=O)Nc3ccc(C)cc3Cl)nc(C)n2)c1. The van der Waals surface area contributed by atoms with Crippen LogP contribution in [-0.4, -0.2) is 34.1 Å². The van der Waals surface area contributed by atoms with Crippen molar-refractivity contribution in [3.63, 3.8) is 0 Å². The second-order valence-electron chi connectivity index (χ2n) is 6.82. The molecule has 9 heteroatoms. The number of anilines is 4. The summed E-state index contributed by atoms with van der Waals surface area (Å²) in [5.41, 5.74) is 2.70. The van der Waals surface area contributed by atoms with E-state index in [0.717, 1.165) is 11.1 Å². The molecule has 0 atom stereocenters. The fourth-order valence-electron chi connectivity index (χ4n) is 2.71. The van der Waals surface area contributed by atoms with Crippen molar-refractivity contribution in [2.45, 2.75) is 20.8 Å². The Balaban J connectivity index is 1.49. The van der Waals surface area contributed by atoms with E-state index < -0.39 is 0 Å². The van der Waals surface area contributed by atoms with Crippen molar-refractivity contribution in [1.82, 2.24) is 20.3 Å². The van der Waals surface area contributed by atoms with Gasteiger partial charge in [-0.2, -0.15) is 0 Å². The minimum atomic E-state index is -0.325. The van der Waals surface area contributed by atoms with Crippen molar-refractivity contribution in [1.29, 1.82) is 0 Å². The Morgan fingerprint density at radius 1 is 0.933 bits per heavy atom. The van der Waals surface area contributed by atoms with Gasteiger partial charge in [0.05, 0.1) is 10.7 Å². The van der Waals surface area contributed by atoms with Crippen LogP contribution in [0.5, 0.6) is 0 Å². The van der Waals surface area contributed by atoms with Crippen LogP contribution in [0.2, 0.25) is 5.02 Å². The van der Waals surface area contributed by atoms with Crippen LogP contribution >= 0.6 is 11.6 Å². The van der Waals surface area contributed by atoms with Crippen LogP contribution < -0.4 is 21.3 Å². The van der Waals surface area contributed by atoms with Crippen LogP contribution in [0.25, 0.3) is 0 Å². The van der Waals surface area contributed by atoms with E-state index in [9.17, 15) is 4.79 Å². The molecular formula is C21H24ClN7O. The highest BCUT2D eigenvalue weighted by Gasteiger charge is 2.06. The highest BCUT2D eigenvalue weighted by Crippen LogP contribution is 2.22. The molecule has 2 amide bonds. The first-order chi connectivity index (χ1) is 14.4. The molecule has 30 heavy (non-hydrogen) atoms. The zero-order valence-electron chi connectivity index (χ0n) is 17.1. The predicted molar refractivity (Wildman–Crippen MR) is 121 cm³/mol. The van der Waals surface area contributed by atoms with Crippen molar-refractivity contribution in [3.05, 3.63) is 64.6 Å². The number of hydrogen-bond acceptors (Lipinski definition) is 6. The van der Waals surface area contributed by atoms with Crippen LogP contribution in [0.1, 0.15) is 17.0 Å². The molecule has 0 aliphatic carbocycles. The van der Waals surface area contributed by atoms with E-state index in [4.69, 9.17) is 11.6 Å². The van der Waals surface area contributed by atoms with Crippen molar-refractivity contribution < 1.29 is 4.79 Å². The average Bonchev–Trinajstić information content (AvgIpc) is 2.67. The molecule has 0 saturated heterocycles. The molecular weight excluding hydrogens is 402 g/mol. The molecule has 3 rings (SSSR count). The third kappa shape index (κ3) is 6.31. The number of nitrogens with zero attached hydrogens (tertiary/aromatic N) is 3. The Kier molecular flexibility index (Phi) is 7.03. The van der Waals surface area contributed by atoms with Gasteiger partial charge in [-0.15, -0.1) is 0 Å². The molecule has 2 aromatic heterocycles. The largest absolute Gasteiger partial charge is 0.368 e. The fraction of sp³-hybridized carbons (Fsp3) is 0.238. The topological polar surface area (TPSA) is 104 Å². The number of carbonyl (C=O) groups excluding carboxylic acids is 1. The molecule has 0 unspecified atom stereocenters. The van der Waals surface area contributed by atoms with Gasteiger partial charge < -0.3 is 21.3 Å². The van der Waals surface area contributed by atoms with Crippen molar-refractivity contribution >= 4 is 40.8 Å². The maximum absolute atomic E-state index is 12.0. The molecule has 156 valence electrons. The summed E-state index contributed by atoms with van der Waals surface area (Å²) in [4.78, 5) is 25.1. The van der Waals surface area contributed by atoms with Gasteiger partial charge in [-0.3, -0.25) is 0 Å². The van der Waals surface area contributed by atoms with Crippen molar-refractivity contribution in [2.75, 3.05) is 29.0 Å². The monoisotopic (exact) mass is 425 g/mol. The van der Waals surface area contributed by atoms with E-state index in [0.29, 0.717) is 47.1 Å². The number of benzene rings is 1. The number of rotatable bonds is 7. The lowest BCUT2D eigenvalue weighted by molar-refractivity contribution is 0.252. The zero-order valence-corrected chi connectivity index (χ0v) is 17.8. The Morgan fingerprint density at radius 3 is 2.47 bits per heavy atom. The predicted octanol–water partition coefficient (Wildman–Crippen LogP) is 4.43. The van der Waals surface area contributed by atoms with E-state index in [1.807, 2.05) is 39.0 Å². The summed E-state index contributed by atoms with van der Waals surface area (Å²) in [7, 11) is 0. The lowest BCUT2D eigenvalue weighted by atomic mass is 10.2. The fourth-order valence-corrected chi connectivity index (χ4v) is 2.99. The van der Waals surface area contributed by atoms with E-state index in [1.54, 1.807) is 24.4 Å². The summed E-state index contributed by atoms with van der Waals surface area (Å²) in [6.07, 6.45) is 1.74.